The van der Waals surface area contributed by atoms with Crippen LogP contribution in [0.15, 0.2) is 22.7 Å². The standard InChI is InChI=1S/C25H29BrN4O2/c1-15-21(24(31)27-10-5-13-30-11-2-3-12-30)17-6-4-7-18(23(17)28-15)22-19-14-16(26)8-9-20(19)29-25(22)32/h8-9,14,28H,2-7,10-13H2,1H3,(H,27,31)(H,29,32)/b22-18-. The number of hydrogen-bond donors (Lipinski definition) is 3. The molecule has 1 aromatic heterocycles. The first-order valence-electron chi connectivity index (χ1n) is 11.6. The van der Waals surface area contributed by atoms with E-state index in [0.717, 1.165) is 81.6 Å². The van der Waals surface area contributed by atoms with E-state index in [0.29, 0.717) is 6.54 Å². The molecule has 0 bridgehead atoms. The first-order chi connectivity index (χ1) is 15.5. The summed E-state index contributed by atoms with van der Waals surface area (Å²) in [4.78, 5) is 31.9. The molecule has 2 amide bonds. The average Bonchev–Trinajstić information content (AvgIpc) is 3.47. The molecular formula is C25H29BrN4O2. The van der Waals surface area contributed by atoms with Crippen molar-refractivity contribution in [2.45, 2.75) is 45.4 Å². The highest BCUT2D eigenvalue weighted by atomic mass is 79.9. The van der Waals surface area contributed by atoms with Crippen LogP contribution in [0.5, 0.6) is 0 Å². The topological polar surface area (TPSA) is 77.2 Å². The minimum absolute atomic E-state index is 0.00769. The second kappa shape index (κ2) is 8.87. The number of benzene rings is 1. The van der Waals surface area contributed by atoms with Crippen LogP contribution in [0.2, 0.25) is 0 Å². The molecule has 1 saturated heterocycles. The molecule has 3 heterocycles. The van der Waals surface area contributed by atoms with Crippen LogP contribution in [0, 0.1) is 6.92 Å². The predicted octanol–water partition coefficient (Wildman–Crippen LogP) is 4.50. The summed E-state index contributed by atoms with van der Waals surface area (Å²) in [5.74, 6) is -0.0761. The number of H-pyrrole nitrogens is 1. The van der Waals surface area contributed by atoms with Crippen molar-refractivity contribution in [2.75, 3.05) is 31.5 Å². The van der Waals surface area contributed by atoms with Crippen molar-refractivity contribution >= 4 is 44.6 Å². The molecular weight excluding hydrogens is 468 g/mol. The Hall–Kier alpha value is -2.38. The third kappa shape index (κ3) is 3.92. The molecule has 32 heavy (non-hydrogen) atoms. The van der Waals surface area contributed by atoms with Gasteiger partial charge in [0.25, 0.3) is 11.8 Å². The summed E-state index contributed by atoms with van der Waals surface area (Å²) < 4.78 is 0.943. The Bertz CT molecular complexity index is 1110. The van der Waals surface area contributed by atoms with Gasteiger partial charge in [0.05, 0.1) is 11.1 Å². The summed E-state index contributed by atoms with van der Waals surface area (Å²) in [6, 6.07) is 5.85. The van der Waals surface area contributed by atoms with E-state index >= 15 is 0 Å². The van der Waals surface area contributed by atoms with Crippen molar-refractivity contribution in [1.82, 2.24) is 15.2 Å². The lowest BCUT2D eigenvalue weighted by Crippen LogP contribution is -2.29. The number of aromatic nitrogens is 1. The van der Waals surface area contributed by atoms with Gasteiger partial charge < -0.3 is 20.5 Å². The number of rotatable bonds is 5. The van der Waals surface area contributed by atoms with Crippen LogP contribution >= 0.6 is 15.9 Å². The zero-order chi connectivity index (χ0) is 22.2. The molecule has 168 valence electrons. The molecule has 1 aromatic carbocycles. The maximum atomic E-state index is 13.1. The Labute approximate surface area is 197 Å². The molecule has 2 aliphatic heterocycles. The predicted molar refractivity (Wildman–Crippen MR) is 131 cm³/mol. The molecule has 2 aromatic rings. The van der Waals surface area contributed by atoms with Crippen molar-refractivity contribution in [2.24, 2.45) is 0 Å². The van der Waals surface area contributed by atoms with Crippen molar-refractivity contribution in [3.8, 4) is 0 Å². The molecule has 1 fully saturated rings. The number of anilines is 1. The van der Waals surface area contributed by atoms with Gasteiger partial charge in [-0.2, -0.15) is 0 Å². The highest BCUT2D eigenvalue weighted by Crippen LogP contribution is 2.43. The lowest BCUT2D eigenvalue weighted by atomic mass is 9.86. The van der Waals surface area contributed by atoms with Crippen LogP contribution in [-0.2, 0) is 11.2 Å². The van der Waals surface area contributed by atoms with Gasteiger partial charge in [0.2, 0.25) is 0 Å². The Morgan fingerprint density at radius 3 is 2.81 bits per heavy atom. The summed E-state index contributed by atoms with van der Waals surface area (Å²) in [6.45, 7) is 6.06. The number of halogens is 1. The number of fused-ring (bicyclic) bond motifs is 2. The fourth-order valence-corrected chi connectivity index (χ4v) is 5.71. The van der Waals surface area contributed by atoms with E-state index in [1.165, 1.54) is 25.9 Å². The monoisotopic (exact) mass is 496 g/mol. The molecule has 3 aliphatic rings. The molecule has 5 rings (SSSR count). The lowest BCUT2D eigenvalue weighted by Gasteiger charge is -2.19. The number of allylic oxidation sites excluding steroid dienone is 1. The summed E-state index contributed by atoms with van der Waals surface area (Å²) in [5, 5.41) is 6.12. The minimum Gasteiger partial charge on any atom is -0.358 e. The maximum Gasteiger partial charge on any atom is 0.256 e. The van der Waals surface area contributed by atoms with Crippen LogP contribution in [0.1, 0.15) is 65.0 Å². The third-order valence-electron chi connectivity index (χ3n) is 6.84. The summed E-state index contributed by atoms with van der Waals surface area (Å²) in [7, 11) is 0. The van der Waals surface area contributed by atoms with Crippen molar-refractivity contribution < 1.29 is 9.59 Å². The number of carbonyl (C=O) groups is 2. The molecule has 6 nitrogen and oxygen atoms in total. The second-order valence-corrected chi connectivity index (χ2v) is 9.90. The summed E-state index contributed by atoms with van der Waals surface area (Å²) >= 11 is 3.53. The zero-order valence-corrected chi connectivity index (χ0v) is 20.0. The smallest absolute Gasteiger partial charge is 0.256 e. The number of nitrogens with zero attached hydrogens (tertiary/aromatic N) is 1. The van der Waals surface area contributed by atoms with E-state index in [2.05, 4.69) is 36.4 Å². The number of amides is 2. The molecule has 0 saturated carbocycles. The Morgan fingerprint density at radius 1 is 1.19 bits per heavy atom. The molecule has 0 spiro atoms. The highest BCUT2D eigenvalue weighted by molar-refractivity contribution is 9.10. The summed E-state index contributed by atoms with van der Waals surface area (Å²) in [5.41, 5.74) is 7.13. The van der Waals surface area contributed by atoms with Gasteiger partial charge >= 0.3 is 0 Å². The summed E-state index contributed by atoms with van der Waals surface area (Å²) in [6.07, 6.45) is 6.14. The van der Waals surface area contributed by atoms with Gasteiger partial charge in [-0.3, -0.25) is 9.59 Å². The van der Waals surface area contributed by atoms with Gasteiger partial charge in [0.15, 0.2) is 0 Å². The van der Waals surface area contributed by atoms with E-state index < -0.39 is 0 Å². The van der Waals surface area contributed by atoms with Gasteiger partial charge in [-0.15, -0.1) is 0 Å². The van der Waals surface area contributed by atoms with Crippen LogP contribution < -0.4 is 10.6 Å². The second-order valence-electron chi connectivity index (χ2n) is 8.99. The molecule has 0 unspecified atom stereocenters. The van der Waals surface area contributed by atoms with Crippen LogP contribution in [0.25, 0.3) is 11.1 Å². The Kier molecular flexibility index (Phi) is 5.95. The number of carbonyl (C=O) groups excluding carboxylic acids is 2. The van der Waals surface area contributed by atoms with Gasteiger partial charge in [0, 0.05) is 33.7 Å². The van der Waals surface area contributed by atoms with E-state index in [1.807, 2.05) is 25.1 Å². The number of aromatic amines is 1. The first kappa shape index (κ1) is 21.5. The van der Waals surface area contributed by atoms with E-state index in [4.69, 9.17) is 0 Å². The van der Waals surface area contributed by atoms with Crippen LogP contribution in [-0.4, -0.2) is 47.9 Å². The average molecular weight is 497 g/mol. The zero-order valence-electron chi connectivity index (χ0n) is 18.4. The highest BCUT2D eigenvalue weighted by Gasteiger charge is 2.33. The van der Waals surface area contributed by atoms with E-state index in [-0.39, 0.29) is 11.8 Å². The minimum atomic E-state index is -0.0684. The third-order valence-corrected chi connectivity index (χ3v) is 7.33. The number of aryl methyl sites for hydroxylation is 1. The van der Waals surface area contributed by atoms with E-state index in [1.54, 1.807) is 0 Å². The number of hydrogen-bond acceptors (Lipinski definition) is 3. The van der Waals surface area contributed by atoms with E-state index in [9.17, 15) is 9.59 Å². The fourth-order valence-electron chi connectivity index (χ4n) is 5.35. The largest absolute Gasteiger partial charge is 0.358 e. The molecule has 3 N–H and O–H groups in total. The normalized spacial score (nSPS) is 20.2. The SMILES string of the molecule is Cc1[nH]c2c(c1C(=O)NCCCN1CCCC1)CCC/C2=C1/C(=O)Nc2ccc(Br)cc21. The van der Waals surface area contributed by atoms with Gasteiger partial charge in [-0.1, -0.05) is 15.9 Å². The van der Waals surface area contributed by atoms with Gasteiger partial charge in [0.1, 0.15) is 0 Å². The van der Waals surface area contributed by atoms with Crippen LogP contribution in [0.3, 0.4) is 0 Å². The van der Waals surface area contributed by atoms with Crippen molar-refractivity contribution in [1.29, 1.82) is 0 Å². The molecule has 7 heteroatoms. The molecule has 0 radical (unpaired) electrons. The number of likely N-dealkylation sites (tertiary alicyclic amines) is 1. The molecule has 1 aliphatic carbocycles. The lowest BCUT2D eigenvalue weighted by molar-refractivity contribution is -0.110. The van der Waals surface area contributed by atoms with Crippen molar-refractivity contribution in [3.63, 3.8) is 0 Å². The van der Waals surface area contributed by atoms with Crippen LogP contribution in [0.4, 0.5) is 5.69 Å². The Morgan fingerprint density at radius 2 is 2.00 bits per heavy atom. The van der Waals surface area contributed by atoms with Crippen molar-refractivity contribution in [3.05, 3.63) is 50.8 Å². The quantitative estimate of drug-likeness (QED) is 0.421. The fraction of sp³-hybridized carbons (Fsp3) is 0.440. The van der Waals surface area contributed by atoms with Gasteiger partial charge in [-0.05, 0) is 94.4 Å². The van der Waals surface area contributed by atoms with Gasteiger partial charge in [-0.25, -0.2) is 0 Å². The number of nitrogens with one attached hydrogen (secondary N) is 3. The first-order valence-corrected chi connectivity index (χ1v) is 12.4. The maximum absolute atomic E-state index is 13.1. The Balaban J connectivity index is 1.40. The molecule has 0 atom stereocenters.